The minimum atomic E-state index is -3.81. The number of phenolic OH excluding ortho intramolecular Hbond substituents is 1. The molecule has 3 aromatic carbocycles. The van der Waals surface area contributed by atoms with Gasteiger partial charge in [0, 0.05) is 5.56 Å². The lowest BCUT2D eigenvalue weighted by Crippen LogP contribution is -2.13. The molecule has 0 aliphatic heterocycles. The minimum absolute atomic E-state index is 0.0843. The first-order valence-corrected chi connectivity index (χ1v) is 9.85. The number of anilines is 1. The zero-order chi connectivity index (χ0) is 19.0. The topological polar surface area (TPSA) is 95.1 Å². The van der Waals surface area contributed by atoms with Gasteiger partial charge < -0.3 is 10.1 Å². The van der Waals surface area contributed by atoms with Gasteiger partial charge in [0.1, 0.15) is 11.6 Å². The Balaban J connectivity index is 1.72. The van der Waals surface area contributed by atoms with E-state index in [9.17, 15) is 13.5 Å². The van der Waals surface area contributed by atoms with Gasteiger partial charge in [-0.05, 0) is 42.5 Å². The fraction of sp³-hybridized carbons (Fsp3) is 0. The van der Waals surface area contributed by atoms with Gasteiger partial charge in [0.2, 0.25) is 0 Å². The second kappa shape index (κ2) is 6.61. The average molecular weight is 400 g/mol. The zero-order valence-electron chi connectivity index (χ0n) is 13.8. The van der Waals surface area contributed by atoms with Gasteiger partial charge in [0.05, 0.1) is 26.6 Å². The number of hydrogen-bond donors (Lipinski definition) is 3. The molecule has 0 aliphatic carbocycles. The fourth-order valence-corrected chi connectivity index (χ4v) is 4.04. The van der Waals surface area contributed by atoms with E-state index >= 15 is 0 Å². The Morgan fingerprint density at radius 3 is 2.59 bits per heavy atom. The molecule has 0 saturated carbocycles. The van der Waals surface area contributed by atoms with Gasteiger partial charge in [-0.3, -0.25) is 4.72 Å². The summed E-state index contributed by atoms with van der Waals surface area (Å²) in [5.74, 6) is 0.662. The van der Waals surface area contributed by atoms with Crippen molar-refractivity contribution in [2.45, 2.75) is 4.90 Å². The summed E-state index contributed by atoms with van der Waals surface area (Å²) in [4.78, 5) is 7.61. The number of benzene rings is 3. The maximum atomic E-state index is 12.7. The Labute approximate surface area is 160 Å². The number of sulfonamides is 1. The number of fused-ring (bicyclic) bond motifs is 1. The van der Waals surface area contributed by atoms with Crippen LogP contribution in [-0.4, -0.2) is 23.5 Å². The van der Waals surface area contributed by atoms with Crippen molar-refractivity contribution >= 4 is 38.3 Å². The first-order valence-electron chi connectivity index (χ1n) is 7.99. The molecular formula is C19H14ClN3O3S. The molecule has 0 aliphatic rings. The monoisotopic (exact) mass is 399 g/mol. The molecule has 0 atom stereocenters. The highest BCUT2D eigenvalue weighted by Crippen LogP contribution is 2.27. The molecular weight excluding hydrogens is 386 g/mol. The third kappa shape index (κ3) is 3.47. The van der Waals surface area contributed by atoms with Gasteiger partial charge in [-0.2, -0.15) is 0 Å². The van der Waals surface area contributed by atoms with E-state index in [2.05, 4.69) is 14.7 Å². The van der Waals surface area contributed by atoms with Crippen LogP contribution in [0.4, 0.5) is 5.69 Å². The molecule has 0 saturated heterocycles. The molecule has 0 bridgehead atoms. The number of nitrogens with one attached hydrogen (secondary N) is 2. The minimum Gasteiger partial charge on any atom is -0.508 e. The first kappa shape index (κ1) is 17.4. The number of phenols is 1. The van der Waals surface area contributed by atoms with Crippen LogP contribution in [0, 0.1) is 0 Å². The summed E-state index contributed by atoms with van der Waals surface area (Å²) < 4.78 is 27.9. The standard InChI is InChI=1S/C19H14ClN3O3S/c20-15-6-1-2-7-16(15)23-27(25,26)14-8-9-17-18(11-14)22-19(21-17)12-4-3-5-13(24)10-12/h1-11,23-24H,(H,21,22). The van der Waals surface area contributed by atoms with Crippen LogP contribution in [0.25, 0.3) is 22.4 Å². The van der Waals surface area contributed by atoms with Gasteiger partial charge in [-0.25, -0.2) is 13.4 Å². The number of nitrogens with zero attached hydrogens (tertiary/aromatic N) is 1. The smallest absolute Gasteiger partial charge is 0.262 e. The van der Waals surface area contributed by atoms with Crippen LogP contribution in [0.3, 0.4) is 0 Å². The van der Waals surface area contributed by atoms with E-state index in [0.717, 1.165) is 0 Å². The van der Waals surface area contributed by atoms with Gasteiger partial charge in [-0.1, -0.05) is 35.9 Å². The first-order chi connectivity index (χ1) is 12.9. The van der Waals surface area contributed by atoms with Crippen molar-refractivity contribution in [2.24, 2.45) is 0 Å². The molecule has 4 rings (SSSR count). The second-order valence-corrected chi connectivity index (χ2v) is 7.99. The Morgan fingerprint density at radius 1 is 1.00 bits per heavy atom. The van der Waals surface area contributed by atoms with Crippen LogP contribution in [0.1, 0.15) is 0 Å². The van der Waals surface area contributed by atoms with E-state index in [0.29, 0.717) is 33.1 Å². The van der Waals surface area contributed by atoms with Gasteiger partial charge in [0.25, 0.3) is 10.0 Å². The summed E-state index contributed by atoms with van der Waals surface area (Å²) in [7, 11) is -3.81. The summed E-state index contributed by atoms with van der Waals surface area (Å²) in [5.41, 5.74) is 2.19. The van der Waals surface area contributed by atoms with Crippen molar-refractivity contribution in [3.8, 4) is 17.1 Å². The van der Waals surface area contributed by atoms with E-state index in [-0.39, 0.29) is 10.6 Å². The number of hydrogen-bond acceptors (Lipinski definition) is 4. The molecule has 6 nitrogen and oxygen atoms in total. The van der Waals surface area contributed by atoms with E-state index in [1.807, 2.05) is 0 Å². The highest BCUT2D eigenvalue weighted by molar-refractivity contribution is 7.92. The molecule has 4 aromatic rings. The number of rotatable bonds is 4. The predicted octanol–water partition coefficient (Wildman–Crippen LogP) is 4.39. The van der Waals surface area contributed by atoms with E-state index in [1.165, 1.54) is 12.1 Å². The number of aromatic nitrogens is 2. The van der Waals surface area contributed by atoms with Gasteiger partial charge >= 0.3 is 0 Å². The lowest BCUT2D eigenvalue weighted by atomic mass is 10.2. The second-order valence-electron chi connectivity index (χ2n) is 5.90. The Kier molecular flexibility index (Phi) is 4.25. The van der Waals surface area contributed by atoms with Crippen LogP contribution < -0.4 is 4.72 Å². The van der Waals surface area contributed by atoms with Crippen molar-refractivity contribution in [2.75, 3.05) is 4.72 Å². The Bertz CT molecular complexity index is 1250. The Morgan fingerprint density at radius 2 is 1.81 bits per heavy atom. The van der Waals surface area contributed by atoms with E-state index in [4.69, 9.17) is 11.6 Å². The third-order valence-corrected chi connectivity index (χ3v) is 5.69. The molecule has 1 aromatic heterocycles. The largest absolute Gasteiger partial charge is 0.508 e. The van der Waals surface area contributed by atoms with Crippen LogP contribution >= 0.6 is 11.6 Å². The zero-order valence-corrected chi connectivity index (χ0v) is 15.4. The maximum absolute atomic E-state index is 12.7. The van der Waals surface area contributed by atoms with Crippen molar-refractivity contribution in [1.29, 1.82) is 0 Å². The molecule has 8 heteroatoms. The molecule has 0 amide bonds. The highest BCUT2D eigenvalue weighted by Gasteiger charge is 2.17. The van der Waals surface area contributed by atoms with Crippen LogP contribution in [0.2, 0.25) is 5.02 Å². The molecule has 3 N–H and O–H groups in total. The molecule has 27 heavy (non-hydrogen) atoms. The molecule has 0 unspecified atom stereocenters. The summed E-state index contributed by atoms with van der Waals surface area (Å²) in [6.07, 6.45) is 0. The third-order valence-electron chi connectivity index (χ3n) is 4.00. The molecule has 0 fully saturated rings. The SMILES string of the molecule is O=S(=O)(Nc1ccccc1Cl)c1ccc2nc(-c3cccc(O)c3)[nH]c2c1. The van der Waals surface area contributed by atoms with Crippen molar-refractivity contribution in [1.82, 2.24) is 9.97 Å². The van der Waals surface area contributed by atoms with Gasteiger partial charge in [0.15, 0.2) is 0 Å². The van der Waals surface area contributed by atoms with E-state index < -0.39 is 10.0 Å². The lowest BCUT2D eigenvalue weighted by Gasteiger charge is -2.09. The summed E-state index contributed by atoms with van der Waals surface area (Å²) in [6.45, 7) is 0. The fourth-order valence-electron chi connectivity index (χ4n) is 2.69. The van der Waals surface area contributed by atoms with Crippen LogP contribution in [0.5, 0.6) is 5.75 Å². The van der Waals surface area contributed by atoms with Crippen LogP contribution in [-0.2, 0) is 10.0 Å². The summed E-state index contributed by atoms with van der Waals surface area (Å²) in [5, 5.41) is 9.94. The molecule has 0 radical (unpaired) electrons. The maximum Gasteiger partial charge on any atom is 0.262 e. The van der Waals surface area contributed by atoms with Crippen molar-refractivity contribution < 1.29 is 13.5 Å². The van der Waals surface area contributed by atoms with E-state index in [1.54, 1.807) is 54.6 Å². The number of H-pyrrole nitrogens is 1. The number of aromatic hydroxyl groups is 1. The Hall–Kier alpha value is -3.03. The quantitative estimate of drug-likeness (QED) is 0.474. The normalized spacial score (nSPS) is 11.6. The van der Waals surface area contributed by atoms with Crippen LogP contribution in [0.15, 0.2) is 71.6 Å². The molecule has 0 spiro atoms. The number of aromatic amines is 1. The molecule has 1 heterocycles. The van der Waals surface area contributed by atoms with Crippen molar-refractivity contribution in [3.63, 3.8) is 0 Å². The summed E-state index contributed by atoms with van der Waals surface area (Å²) in [6, 6.07) is 17.9. The number of halogens is 1. The predicted molar refractivity (Wildman–Crippen MR) is 105 cm³/mol. The number of para-hydroxylation sites is 1. The summed E-state index contributed by atoms with van der Waals surface area (Å²) >= 11 is 6.03. The average Bonchev–Trinajstić information content (AvgIpc) is 3.07. The van der Waals surface area contributed by atoms with Crippen molar-refractivity contribution in [3.05, 3.63) is 71.8 Å². The highest BCUT2D eigenvalue weighted by atomic mass is 35.5. The number of imidazole rings is 1. The lowest BCUT2D eigenvalue weighted by molar-refractivity contribution is 0.475. The van der Waals surface area contributed by atoms with Gasteiger partial charge in [-0.15, -0.1) is 0 Å². The molecule has 136 valence electrons.